The molecule has 0 aromatic heterocycles. The number of hydrogen-bond acceptors (Lipinski definition) is 4. The Morgan fingerprint density at radius 3 is 2.74 bits per heavy atom. The summed E-state index contributed by atoms with van der Waals surface area (Å²) in [6.45, 7) is 4.15. The highest BCUT2D eigenvalue weighted by atomic mass is 19.1. The van der Waals surface area contributed by atoms with E-state index in [9.17, 15) is 9.18 Å². The van der Waals surface area contributed by atoms with Crippen LogP contribution in [0.2, 0.25) is 0 Å². The highest BCUT2D eigenvalue weighted by Gasteiger charge is 2.22. The molecule has 2 N–H and O–H groups in total. The van der Waals surface area contributed by atoms with Crippen molar-refractivity contribution in [3.8, 4) is 5.75 Å². The first-order valence-corrected chi connectivity index (χ1v) is 6.44. The molecule has 1 atom stereocenters. The van der Waals surface area contributed by atoms with E-state index < -0.39 is 17.9 Å². The van der Waals surface area contributed by atoms with Gasteiger partial charge < -0.3 is 15.2 Å². The summed E-state index contributed by atoms with van der Waals surface area (Å²) < 4.78 is 24.2. The minimum atomic E-state index is -0.798. The van der Waals surface area contributed by atoms with Gasteiger partial charge in [0.1, 0.15) is 0 Å². The zero-order chi connectivity index (χ0) is 14.3. The highest BCUT2D eigenvalue weighted by molar-refractivity contribution is 5.75. The summed E-state index contributed by atoms with van der Waals surface area (Å²) in [5.41, 5.74) is 6.14. The molecule has 0 heterocycles. The lowest BCUT2D eigenvalue weighted by molar-refractivity contribution is -0.151. The van der Waals surface area contributed by atoms with E-state index in [1.54, 1.807) is 26.0 Å². The summed E-state index contributed by atoms with van der Waals surface area (Å²) in [7, 11) is 0. The fourth-order valence-electron chi connectivity index (χ4n) is 1.71. The Balaban J connectivity index is 2.92. The first kappa shape index (κ1) is 15.4. The van der Waals surface area contributed by atoms with Crippen molar-refractivity contribution in [3.63, 3.8) is 0 Å². The summed E-state index contributed by atoms with van der Waals surface area (Å²) >= 11 is 0. The molecule has 1 aromatic carbocycles. The monoisotopic (exact) mass is 269 g/mol. The van der Waals surface area contributed by atoms with Gasteiger partial charge in [0.25, 0.3) is 0 Å². The first-order chi connectivity index (χ1) is 9.13. The lowest BCUT2D eigenvalue weighted by Crippen LogP contribution is -2.29. The second-order valence-electron chi connectivity index (χ2n) is 4.03. The van der Waals surface area contributed by atoms with E-state index in [1.165, 1.54) is 6.07 Å². The molecule has 106 valence electrons. The molecule has 1 rings (SSSR count). The van der Waals surface area contributed by atoms with Gasteiger partial charge in [-0.3, -0.25) is 0 Å². The molecule has 4 nitrogen and oxygen atoms in total. The second-order valence-corrected chi connectivity index (χ2v) is 4.03. The number of carbonyl (C=O) groups is 1. The van der Waals surface area contributed by atoms with E-state index in [4.69, 9.17) is 15.2 Å². The standard InChI is InChI=1S/C14H20FNO3/c1-3-12(14(17)18-4-2)19-13-10(8-9-16)6-5-7-11(13)15/h5-7,12H,3-4,8-9,16H2,1-2H3. The average molecular weight is 269 g/mol. The lowest BCUT2D eigenvalue weighted by Gasteiger charge is -2.18. The molecule has 0 spiro atoms. The molecule has 0 aliphatic heterocycles. The number of halogens is 1. The smallest absolute Gasteiger partial charge is 0.347 e. The van der Waals surface area contributed by atoms with Crippen molar-refractivity contribution in [2.24, 2.45) is 5.73 Å². The Labute approximate surface area is 112 Å². The number of para-hydroxylation sites is 1. The fraction of sp³-hybridized carbons (Fsp3) is 0.500. The van der Waals surface area contributed by atoms with Crippen LogP contribution >= 0.6 is 0 Å². The number of nitrogens with two attached hydrogens (primary N) is 1. The van der Waals surface area contributed by atoms with Gasteiger partial charge >= 0.3 is 5.97 Å². The molecule has 1 unspecified atom stereocenters. The number of esters is 1. The van der Waals surface area contributed by atoms with Crippen LogP contribution in [0.4, 0.5) is 4.39 Å². The molecular formula is C14H20FNO3. The molecular weight excluding hydrogens is 249 g/mol. The average Bonchev–Trinajstić information content (AvgIpc) is 2.39. The van der Waals surface area contributed by atoms with E-state index in [0.29, 0.717) is 24.9 Å². The number of ether oxygens (including phenoxy) is 2. The zero-order valence-corrected chi connectivity index (χ0v) is 11.3. The van der Waals surface area contributed by atoms with Gasteiger partial charge in [-0.25, -0.2) is 9.18 Å². The van der Waals surface area contributed by atoms with Gasteiger partial charge in [-0.1, -0.05) is 19.1 Å². The normalized spacial score (nSPS) is 12.0. The van der Waals surface area contributed by atoms with Crippen LogP contribution in [0.1, 0.15) is 25.8 Å². The topological polar surface area (TPSA) is 61.5 Å². The van der Waals surface area contributed by atoms with Gasteiger partial charge in [-0.2, -0.15) is 0 Å². The summed E-state index contributed by atoms with van der Waals surface area (Å²) in [4.78, 5) is 11.7. The molecule has 0 aliphatic carbocycles. The van der Waals surface area contributed by atoms with Gasteiger partial charge in [0.2, 0.25) is 0 Å². The van der Waals surface area contributed by atoms with Crippen LogP contribution in [0.3, 0.4) is 0 Å². The zero-order valence-electron chi connectivity index (χ0n) is 11.3. The van der Waals surface area contributed by atoms with Crippen molar-refractivity contribution < 1.29 is 18.7 Å². The van der Waals surface area contributed by atoms with Gasteiger partial charge in [-0.05, 0) is 37.9 Å². The van der Waals surface area contributed by atoms with E-state index in [2.05, 4.69) is 0 Å². The predicted octanol–water partition coefficient (Wildman–Crippen LogP) is 2.05. The van der Waals surface area contributed by atoms with E-state index in [0.717, 1.165) is 0 Å². The summed E-state index contributed by atoms with van der Waals surface area (Å²) in [5.74, 6) is -0.881. The number of carbonyl (C=O) groups excluding carboxylic acids is 1. The molecule has 0 amide bonds. The van der Waals surface area contributed by atoms with Crippen LogP contribution in [-0.2, 0) is 16.0 Å². The minimum absolute atomic E-state index is 0.0906. The quantitative estimate of drug-likeness (QED) is 0.769. The van der Waals surface area contributed by atoms with Crippen molar-refractivity contribution in [2.45, 2.75) is 32.8 Å². The Morgan fingerprint density at radius 1 is 1.42 bits per heavy atom. The Bertz CT molecular complexity index is 423. The molecule has 1 aromatic rings. The van der Waals surface area contributed by atoms with Gasteiger partial charge in [0.05, 0.1) is 6.61 Å². The summed E-state index contributed by atoms with van der Waals surface area (Å²) in [5, 5.41) is 0. The van der Waals surface area contributed by atoms with E-state index >= 15 is 0 Å². The van der Waals surface area contributed by atoms with Crippen molar-refractivity contribution in [2.75, 3.05) is 13.2 Å². The molecule has 0 aliphatic rings. The maximum atomic E-state index is 13.8. The van der Waals surface area contributed by atoms with E-state index in [-0.39, 0.29) is 12.4 Å². The SMILES string of the molecule is CCOC(=O)C(CC)Oc1c(F)cccc1CCN. The summed E-state index contributed by atoms with van der Waals surface area (Å²) in [6, 6.07) is 4.63. The van der Waals surface area contributed by atoms with Gasteiger partial charge in [-0.15, -0.1) is 0 Å². The number of benzene rings is 1. The third kappa shape index (κ3) is 4.21. The number of hydrogen-bond donors (Lipinski definition) is 1. The van der Waals surface area contributed by atoms with Crippen LogP contribution in [0.25, 0.3) is 0 Å². The third-order valence-electron chi connectivity index (χ3n) is 2.64. The minimum Gasteiger partial charge on any atom is -0.475 e. The van der Waals surface area contributed by atoms with Crippen molar-refractivity contribution in [3.05, 3.63) is 29.6 Å². The van der Waals surface area contributed by atoms with E-state index in [1.807, 2.05) is 0 Å². The molecule has 0 radical (unpaired) electrons. The molecule has 0 saturated carbocycles. The molecule has 0 bridgehead atoms. The predicted molar refractivity (Wildman–Crippen MR) is 70.5 cm³/mol. The summed E-state index contributed by atoms with van der Waals surface area (Å²) in [6.07, 6.45) is 0.107. The highest BCUT2D eigenvalue weighted by Crippen LogP contribution is 2.25. The van der Waals surface area contributed by atoms with Crippen LogP contribution < -0.4 is 10.5 Å². The third-order valence-corrected chi connectivity index (χ3v) is 2.64. The maximum absolute atomic E-state index is 13.8. The Kier molecular flexibility index (Phi) is 6.29. The lowest BCUT2D eigenvalue weighted by atomic mass is 10.1. The van der Waals surface area contributed by atoms with Crippen molar-refractivity contribution in [1.82, 2.24) is 0 Å². The molecule has 0 saturated heterocycles. The first-order valence-electron chi connectivity index (χ1n) is 6.44. The largest absolute Gasteiger partial charge is 0.475 e. The van der Waals surface area contributed by atoms with Gasteiger partial charge in [0, 0.05) is 0 Å². The van der Waals surface area contributed by atoms with Crippen LogP contribution in [0.5, 0.6) is 5.75 Å². The van der Waals surface area contributed by atoms with Crippen LogP contribution in [0.15, 0.2) is 18.2 Å². The second kappa shape index (κ2) is 7.74. The Morgan fingerprint density at radius 2 is 2.16 bits per heavy atom. The molecule has 0 fully saturated rings. The van der Waals surface area contributed by atoms with Gasteiger partial charge in [0.15, 0.2) is 17.7 Å². The number of rotatable bonds is 7. The van der Waals surface area contributed by atoms with Crippen LogP contribution in [-0.4, -0.2) is 25.2 Å². The van der Waals surface area contributed by atoms with Crippen molar-refractivity contribution >= 4 is 5.97 Å². The molecule has 19 heavy (non-hydrogen) atoms. The van der Waals surface area contributed by atoms with Crippen molar-refractivity contribution in [1.29, 1.82) is 0 Å². The fourth-order valence-corrected chi connectivity index (χ4v) is 1.71. The maximum Gasteiger partial charge on any atom is 0.347 e. The molecule has 5 heteroatoms. The van der Waals surface area contributed by atoms with Crippen LogP contribution in [0, 0.1) is 5.82 Å². The Hall–Kier alpha value is -1.62.